The second-order valence-corrected chi connectivity index (χ2v) is 5.66. The van der Waals surface area contributed by atoms with E-state index >= 15 is 0 Å². The molecule has 2 amide bonds. The van der Waals surface area contributed by atoms with Gasteiger partial charge < -0.3 is 15.5 Å². The first-order valence-electron chi connectivity index (χ1n) is 7.70. The highest BCUT2D eigenvalue weighted by Crippen LogP contribution is 2.21. The van der Waals surface area contributed by atoms with Crippen molar-refractivity contribution in [2.45, 2.75) is 0 Å². The second kappa shape index (κ2) is 6.84. The Morgan fingerprint density at radius 1 is 1.04 bits per heavy atom. The molecule has 2 heterocycles. The van der Waals surface area contributed by atoms with Crippen molar-refractivity contribution in [1.82, 2.24) is 9.88 Å². The van der Waals surface area contributed by atoms with Crippen molar-refractivity contribution in [1.29, 1.82) is 0 Å². The SMILES string of the molecule is NC(=O)c1cnccc1N1CCN(C(=O)c2ccc(F)cc2F)CC1. The zero-order valence-corrected chi connectivity index (χ0v) is 13.3. The number of halogens is 2. The van der Waals surface area contributed by atoms with Gasteiger partial charge in [0.05, 0.1) is 16.8 Å². The molecule has 2 aromatic rings. The van der Waals surface area contributed by atoms with Crippen molar-refractivity contribution >= 4 is 17.5 Å². The quantitative estimate of drug-likeness (QED) is 0.912. The summed E-state index contributed by atoms with van der Waals surface area (Å²) in [5, 5.41) is 0. The molecule has 1 aromatic heterocycles. The van der Waals surface area contributed by atoms with Crippen LogP contribution in [0, 0.1) is 11.6 Å². The number of nitrogens with zero attached hydrogens (tertiary/aromatic N) is 3. The summed E-state index contributed by atoms with van der Waals surface area (Å²) in [6.45, 7) is 1.60. The van der Waals surface area contributed by atoms with Crippen LogP contribution in [0.4, 0.5) is 14.5 Å². The van der Waals surface area contributed by atoms with Gasteiger partial charge in [0.25, 0.3) is 11.8 Å². The molecule has 2 N–H and O–H groups in total. The molecule has 1 aromatic carbocycles. The molecule has 0 spiro atoms. The Labute approximate surface area is 142 Å². The lowest BCUT2D eigenvalue weighted by atomic mass is 10.1. The molecule has 0 aliphatic carbocycles. The summed E-state index contributed by atoms with van der Waals surface area (Å²) in [6.07, 6.45) is 2.97. The van der Waals surface area contributed by atoms with Gasteiger partial charge in [0.15, 0.2) is 0 Å². The predicted octanol–water partition coefficient (Wildman–Crippen LogP) is 1.42. The number of piperazine rings is 1. The van der Waals surface area contributed by atoms with Crippen molar-refractivity contribution in [2.24, 2.45) is 5.73 Å². The van der Waals surface area contributed by atoms with E-state index in [1.807, 2.05) is 4.90 Å². The molecule has 130 valence electrons. The molecule has 6 nitrogen and oxygen atoms in total. The van der Waals surface area contributed by atoms with Crippen LogP contribution >= 0.6 is 0 Å². The first-order chi connectivity index (χ1) is 12.0. The van der Waals surface area contributed by atoms with Crippen LogP contribution < -0.4 is 10.6 Å². The van der Waals surface area contributed by atoms with Crippen molar-refractivity contribution < 1.29 is 18.4 Å². The van der Waals surface area contributed by atoms with E-state index < -0.39 is 23.4 Å². The van der Waals surface area contributed by atoms with Gasteiger partial charge in [-0.2, -0.15) is 0 Å². The topological polar surface area (TPSA) is 79.5 Å². The summed E-state index contributed by atoms with van der Waals surface area (Å²) >= 11 is 0. The average molecular weight is 346 g/mol. The number of anilines is 1. The van der Waals surface area contributed by atoms with Gasteiger partial charge in [0, 0.05) is 44.6 Å². The summed E-state index contributed by atoms with van der Waals surface area (Å²) in [6, 6.07) is 4.59. The van der Waals surface area contributed by atoms with Gasteiger partial charge in [-0.1, -0.05) is 0 Å². The van der Waals surface area contributed by atoms with Crippen LogP contribution in [0.5, 0.6) is 0 Å². The van der Waals surface area contributed by atoms with E-state index in [4.69, 9.17) is 5.73 Å². The second-order valence-electron chi connectivity index (χ2n) is 5.66. The number of rotatable bonds is 3. The third-order valence-electron chi connectivity index (χ3n) is 4.13. The van der Waals surface area contributed by atoms with Crippen LogP contribution in [0.15, 0.2) is 36.7 Å². The van der Waals surface area contributed by atoms with Crippen LogP contribution in [0.1, 0.15) is 20.7 Å². The van der Waals surface area contributed by atoms with Crippen molar-refractivity contribution in [2.75, 3.05) is 31.1 Å². The third-order valence-corrected chi connectivity index (χ3v) is 4.13. The Morgan fingerprint density at radius 3 is 2.40 bits per heavy atom. The normalized spacial score (nSPS) is 14.5. The van der Waals surface area contributed by atoms with Crippen molar-refractivity contribution in [3.63, 3.8) is 0 Å². The molecule has 8 heteroatoms. The zero-order valence-electron chi connectivity index (χ0n) is 13.3. The van der Waals surface area contributed by atoms with Gasteiger partial charge in [0.2, 0.25) is 0 Å². The number of aromatic nitrogens is 1. The highest BCUT2D eigenvalue weighted by Gasteiger charge is 2.26. The number of carbonyl (C=O) groups is 2. The number of hydrogen-bond donors (Lipinski definition) is 1. The maximum absolute atomic E-state index is 13.8. The maximum atomic E-state index is 13.8. The van der Waals surface area contributed by atoms with E-state index in [1.165, 1.54) is 11.1 Å². The molecule has 1 fully saturated rings. The van der Waals surface area contributed by atoms with E-state index in [1.54, 1.807) is 12.3 Å². The summed E-state index contributed by atoms with van der Waals surface area (Å²) in [7, 11) is 0. The largest absolute Gasteiger partial charge is 0.367 e. The van der Waals surface area contributed by atoms with Gasteiger partial charge in [0.1, 0.15) is 11.6 Å². The van der Waals surface area contributed by atoms with Gasteiger partial charge in [-0.25, -0.2) is 8.78 Å². The highest BCUT2D eigenvalue weighted by molar-refractivity contribution is 5.98. The minimum absolute atomic E-state index is 0.156. The standard InChI is InChI=1S/C17H16F2N4O2/c18-11-1-2-12(14(19)9-11)17(25)23-7-5-22(6-8-23)15-3-4-21-10-13(15)16(20)24/h1-4,9-10H,5-8H2,(H2,20,24). The Bertz CT molecular complexity index is 820. The fourth-order valence-electron chi connectivity index (χ4n) is 2.84. The molecule has 1 aliphatic heterocycles. The van der Waals surface area contributed by atoms with Gasteiger partial charge in [-0.15, -0.1) is 0 Å². The van der Waals surface area contributed by atoms with Gasteiger partial charge >= 0.3 is 0 Å². The summed E-state index contributed by atoms with van der Waals surface area (Å²) in [5.41, 5.74) is 6.17. The van der Waals surface area contributed by atoms with Gasteiger partial charge in [-0.3, -0.25) is 14.6 Å². The summed E-state index contributed by atoms with van der Waals surface area (Å²) in [4.78, 5) is 31.2. The van der Waals surface area contributed by atoms with Crippen LogP contribution in [0.3, 0.4) is 0 Å². The molecule has 3 rings (SSSR count). The van der Waals surface area contributed by atoms with Crippen LogP contribution in [0.25, 0.3) is 0 Å². The number of primary amides is 1. The van der Waals surface area contributed by atoms with Crippen LogP contribution in [-0.4, -0.2) is 47.9 Å². The Morgan fingerprint density at radius 2 is 1.76 bits per heavy atom. The minimum atomic E-state index is -0.877. The lowest BCUT2D eigenvalue weighted by Gasteiger charge is -2.36. The molecule has 1 aliphatic rings. The van der Waals surface area contributed by atoms with E-state index in [0.29, 0.717) is 43.5 Å². The first-order valence-corrected chi connectivity index (χ1v) is 7.70. The van der Waals surface area contributed by atoms with E-state index in [2.05, 4.69) is 4.98 Å². The fourth-order valence-corrected chi connectivity index (χ4v) is 2.84. The molecule has 0 saturated carbocycles. The Kier molecular flexibility index (Phi) is 4.60. The number of benzene rings is 1. The molecule has 0 atom stereocenters. The van der Waals surface area contributed by atoms with Gasteiger partial charge in [-0.05, 0) is 18.2 Å². The molecular weight excluding hydrogens is 330 g/mol. The number of hydrogen-bond acceptors (Lipinski definition) is 4. The fraction of sp³-hybridized carbons (Fsp3) is 0.235. The van der Waals surface area contributed by atoms with E-state index in [9.17, 15) is 18.4 Å². The van der Waals surface area contributed by atoms with Crippen molar-refractivity contribution in [3.05, 3.63) is 59.4 Å². The number of pyridine rings is 1. The third kappa shape index (κ3) is 3.42. The smallest absolute Gasteiger partial charge is 0.256 e. The lowest BCUT2D eigenvalue weighted by Crippen LogP contribution is -2.49. The van der Waals surface area contributed by atoms with E-state index in [-0.39, 0.29) is 5.56 Å². The molecular formula is C17H16F2N4O2. The zero-order chi connectivity index (χ0) is 18.0. The monoisotopic (exact) mass is 346 g/mol. The molecule has 25 heavy (non-hydrogen) atoms. The lowest BCUT2D eigenvalue weighted by molar-refractivity contribution is 0.0741. The average Bonchev–Trinajstić information content (AvgIpc) is 2.61. The number of nitrogens with two attached hydrogens (primary N) is 1. The predicted molar refractivity (Wildman–Crippen MR) is 87.2 cm³/mol. The minimum Gasteiger partial charge on any atom is -0.367 e. The van der Waals surface area contributed by atoms with Crippen LogP contribution in [0.2, 0.25) is 0 Å². The molecule has 0 unspecified atom stereocenters. The summed E-state index contributed by atoms with van der Waals surface area (Å²) < 4.78 is 26.8. The Hall–Kier alpha value is -3.03. The molecule has 0 bridgehead atoms. The molecule has 0 radical (unpaired) electrons. The summed E-state index contributed by atoms with van der Waals surface area (Å²) in [5.74, 6) is -2.66. The molecule has 1 saturated heterocycles. The van der Waals surface area contributed by atoms with Crippen LogP contribution in [-0.2, 0) is 0 Å². The number of amides is 2. The maximum Gasteiger partial charge on any atom is 0.256 e. The Balaban J connectivity index is 1.72. The first kappa shape index (κ1) is 16.8. The highest BCUT2D eigenvalue weighted by atomic mass is 19.1. The van der Waals surface area contributed by atoms with Crippen molar-refractivity contribution in [3.8, 4) is 0 Å². The van der Waals surface area contributed by atoms with E-state index in [0.717, 1.165) is 12.1 Å². The number of carbonyl (C=O) groups excluding carboxylic acids is 2.